The highest BCUT2D eigenvalue weighted by molar-refractivity contribution is 5.81. The first-order valence-electron chi connectivity index (χ1n) is 5.51. The van der Waals surface area contributed by atoms with E-state index in [1.807, 2.05) is 37.5 Å². The summed E-state index contributed by atoms with van der Waals surface area (Å²) >= 11 is 0. The Morgan fingerprint density at radius 3 is 3.00 bits per heavy atom. The molecule has 0 atom stereocenters. The Bertz CT molecular complexity index is 639. The number of nitrogens with zero attached hydrogens (tertiary/aromatic N) is 2. The second-order valence-electron chi connectivity index (χ2n) is 3.99. The highest BCUT2D eigenvalue weighted by Gasteiger charge is 2.05. The van der Waals surface area contributed by atoms with Crippen LogP contribution in [0, 0.1) is 0 Å². The van der Waals surface area contributed by atoms with Crippen molar-refractivity contribution in [2.75, 3.05) is 5.32 Å². The molecule has 0 fully saturated rings. The lowest BCUT2D eigenvalue weighted by Crippen LogP contribution is -2.00. The Labute approximate surface area is 98.9 Å². The van der Waals surface area contributed by atoms with Crippen LogP contribution in [-0.2, 0) is 13.6 Å². The van der Waals surface area contributed by atoms with Gasteiger partial charge in [0.25, 0.3) is 0 Å². The summed E-state index contributed by atoms with van der Waals surface area (Å²) < 4.78 is 7.25. The molecule has 0 unspecified atom stereocenters. The Morgan fingerprint density at radius 2 is 2.18 bits per heavy atom. The van der Waals surface area contributed by atoms with E-state index in [0.717, 1.165) is 22.4 Å². The van der Waals surface area contributed by atoms with E-state index in [9.17, 15) is 0 Å². The van der Waals surface area contributed by atoms with E-state index in [-0.39, 0.29) is 0 Å². The van der Waals surface area contributed by atoms with Crippen molar-refractivity contribution in [3.05, 3.63) is 48.4 Å². The second kappa shape index (κ2) is 3.97. The number of hydrogen-bond acceptors (Lipinski definition) is 3. The summed E-state index contributed by atoms with van der Waals surface area (Å²) in [5, 5.41) is 8.68. The summed E-state index contributed by atoms with van der Waals surface area (Å²) in [4.78, 5) is 0. The lowest BCUT2D eigenvalue weighted by atomic mass is 10.2. The molecule has 1 aromatic carbocycles. The van der Waals surface area contributed by atoms with Crippen molar-refractivity contribution in [2.24, 2.45) is 7.05 Å². The van der Waals surface area contributed by atoms with E-state index in [2.05, 4.69) is 16.5 Å². The number of furan rings is 1. The van der Waals surface area contributed by atoms with Gasteiger partial charge in [0.1, 0.15) is 11.4 Å². The van der Waals surface area contributed by atoms with Gasteiger partial charge in [0.05, 0.1) is 6.26 Å². The summed E-state index contributed by atoms with van der Waals surface area (Å²) in [7, 11) is 1.90. The summed E-state index contributed by atoms with van der Waals surface area (Å²) in [5.41, 5.74) is 2.07. The molecular formula is C13H13N3O. The minimum atomic E-state index is 0.716. The maximum absolute atomic E-state index is 5.48. The van der Waals surface area contributed by atoms with Gasteiger partial charge in [0.2, 0.25) is 0 Å². The SMILES string of the molecule is Cn1ccc(NCc2coc3ccccc23)n1. The maximum Gasteiger partial charge on any atom is 0.148 e. The third kappa shape index (κ3) is 1.89. The molecule has 0 aliphatic rings. The number of rotatable bonds is 3. The molecule has 3 rings (SSSR count). The van der Waals surface area contributed by atoms with E-state index >= 15 is 0 Å². The van der Waals surface area contributed by atoms with Crippen LogP contribution in [0.1, 0.15) is 5.56 Å². The van der Waals surface area contributed by atoms with E-state index in [1.165, 1.54) is 0 Å². The average molecular weight is 227 g/mol. The average Bonchev–Trinajstić information content (AvgIpc) is 2.93. The van der Waals surface area contributed by atoms with Crippen LogP contribution in [0.5, 0.6) is 0 Å². The van der Waals surface area contributed by atoms with Gasteiger partial charge in [-0.05, 0) is 6.07 Å². The molecule has 4 heteroatoms. The van der Waals surface area contributed by atoms with Crippen molar-refractivity contribution >= 4 is 16.8 Å². The second-order valence-corrected chi connectivity index (χ2v) is 3.99. The molecule has 86 valence electrons. The molecule has 0 radical (unpaired) electrons. The molecule has 0 aliphatic heterocycles. The quantitative estimate of drug-likeness (QED) is 0.748. The van der Waals surface area contributed by atoms with Gasteiger partial charge in [-0.1, -0.05) is 18.2 Å². The van der Waals surface area contributed by atoms with Crippen LogP contribution in [0.15, 0.2) is 47.2 Å². The predicted molar refractivity (Wildman–Crippen MR) is 66.7 cm³/mol. The van der Waals surface area contributed by atoms with Gasteiger partial charge in [-0.3, -0.25) is 4.68 Å². The number of hydrogen-bond donors (Lipinski definition) is 1. The van der Waals surface area contributed by atoms with E-state index in [1.54, 1.807) is 10.9 Å². The number of aryl methyl sites for hydroxylation is 1. The Morgan fingerprint density at radius 1 is 1.29 bits per heavy atom. The van der Waals surface area contributed by atoms with Crippen LogP contribution < -0.4 is 5.32 Å². The van der Waals surface area contributed by atoms with Crippen LogP contribution in [0.2, 0.25) is 0 Å². The molecule has 0 spiro atoms. The third-order valence-corrected chi connectivity index (χ3v) is 2.73. The zero-order chi connectivity index (χ0) is 11.7. The Balaban J connectivity index is 1.81. The van der Waals surface area contributed by atoms with E-state index in [0.29, 0.717) is 6.54 Å². The predicted octanol–water partition coefficient (Wildman–Crippen LogP) is 2.78. The number of para-hydroxylation sites is 1. The molecule has 17 heavy (non-hydrogen) atoms. The number of fused-ring (bicyclic) bond motifs is 1. The van der Waals surface area contributed by atoms with Crippen molar-refractivity contribution < 1.29 is 4.42 Å². The van der Waals surface area contributed by atoms with Gasteiger partial charge in [0, 0.05) is 36.8 Å². The molecule has 2 heterocycles. The van der Waals surface area contributed by atoms with Gasteiger partial charge in [-0.2, -0.15) is 5.10 Å². The lowest BCUT2D eigenvalue weighted by molar-refractivity contribution is 0.611. The van der Waals surface area contributed by atoms with Crippen molar-refractivity contribution in [1.29, 1.82) is 0 Å². The van der Waals surface area contributed by atoms with E-state index < -0.39 is 0 Å². The first kappa shape index (κ1) is 9.96. The molecule has 2 aromatic heterocycles. The highest BCUT2D eigenvalue weighted by Crippen LogP contribution is 2.21. The summed E-state index contributed by atoms with van der Waals surface area (Å²) in [6.07, 6.45) is 3.70. The fourth-order valence-corrected chi connectivity index (χ4v) is 1.86. The van der Waals surface area contributed by atoms with Crippen molar-refractivity contribution in [1.82, 2.24) is 9.78 Å². The van der Waals surface area contributed by atoms with Crippen molar-refractivity contribution in [3.63, 3.8) is 0 Å². The van der Waals surface area contributed by atoms with Crippen LogP contribution in [0.4, 0.5) is 5.82 Å². The largest absolute Gasteiger partial charge is 0.464 e. The monoisotopic (exact) mass is 227 g/mol. The topological polar surface area (TPSA) is 43.0 Å². The molecular weight excluding hydrogens is 214 g/mol. The molecule has 0 aliphatic carbocycles. The molecule has 1 N–H and O–H groups in total. The van der Waals surface area contributed by atoms with Crippen molar-refractivity contribution in [2.45, 2.75) is 6.54 Å². The van der Waals surface area contributed by atoms with Crippen molar-refractivity contribution in [3.8, 4) is 0 Å². The zero-order valence-electron chi connectivity index (χ0n) is 9.55. The van der Waals surface area contributed by atoms with Gasteiger partial charge < -0.3 is 9.73 Å². The molecule has 4 nitrogen and oxygen atoms in total. The number of nitrogens with one attached hydrogen (secondary N) is 1. The first-order valence-corrected chi connectivity index (χ1v) is 5.51. The van der Waals surface area contributed by atoms with Gasteiger partial charge in [0.15, 0.2) is 0 Å². The van der Waals surface area contributed by atoms with Crippen LogP contribution in [0.3, 0.4) is 0 Å². The smallest absolute Gasteiger partial charge is 0.148 e. The molecule has 0 saturated carbocycles. The summed E-state index contributed by atoms with van der Waals surface area (Å²) in [6.45, 7) is 0.716. The normalized spacial score (nSPS) is 10.9. The number of benzene rings is 1. The van der Waals surface area contributed by atoms with Gasteiger partial charge in [-0.25, -0.2) is 0 Å². The van der Waals surface area contributed by atoms with Gasteiger partial charge in [-0.15, -0.1) is 0 Å². The molecule has 0 bridgehead atoms. The minimum absolute atomic E-state index is 0.716. The zero-order valence-corrected chi connectivity index (χ0v) is 9.55. The fraction of sp³-hybridized carbons (Fsp3) is 0.154. The Hall–Kier alpha value is -2.23. The third-order valence-electron chi connectivity index (χ3n) is 2.73. The summed E-state index contributed by atoms with van der Waals surface area (Å²) in [5.74, 6) is 0.873. The minimum Gasteiger partial charge on any atom is -0.464 e. The fourth-order valence-electron chi connectivity index (χ4n) is 1.86. The first-order chi connectivity index (χ1) is 8.33. The van der Waals surface area contributed by atoms with E-state index in [4.69, 9.17) is 4.42 Å². The lowest BCUT2D eigenvalue weighted by Gasteiger charge is -2.00. The van der Waals surface area contributed by atoms with Crippen LogP contribution >= 0.6 is 0 Å². The number of anilines is 1. The standard InChI is InChI=1S/C13H13N3O/c1-16-7-6-13(15-16)14-8-10-9-17-12-5-3-2-4-11(10)12/h2-7,9H,8H2,1H3,(H,14,15). The maximum atomic E-state index is 5.48. The molecule has 3 aromatic rings. The van der Waals surface area contributed by atoms with Gasteiger partial charge >= 0.3 is 0 Å². The highest BCUT2D eigenvalue weighted by atomic mass is 16.3. The Kier molecular flexibility index (Phi) is 2.33. The van der Waals surface area contributed by atoms with Crippen LogP contribution in [-0.4, -0.2) is 9.78 Å². The summed E-state index contributed by atoms with van der Waals surface area (Å²) in [6, 6.07) is 9.97. The molecule has 0 saturated heterocycles. The molecule has 0 amide bonds. The van der Waals surface area contributed by atoms with Crippen LogP contribution in [0.25, 0.3) is 11.0 Å². The number of aromatic nitrogens is 2.